The Kier molecular flexibility index (Phi) is 3.72. The number of esters is 1. The summed E-state index contributed by atoms with van der Waals surface area (Å²) in [5.41, 5.74) is 0. The van der Waals surface area contributed by atoms with Crippen LogP contribution in [0.25, 0.3) is 0 Å². The number of ether oxygens (including phenoxy) is 1. The number of carbonyl (C=O) groups is 2. The van der Waals surface area contributed by atoms with Crippen LogP contribution in [0.15, 0.2) is 0 Å². The van der Waals surface area contributed by atoms with Crippen molar-refractivity contribution in [1.29, 1.82) is 0 Å². The lowest BCUT2D eigenvalue weighted by molar-refractivity contribution is -0.154. The van der Waals surface area contributed by atoms with Crippen molar-refractivity contribution in [3.8, 4) is 0 Å². The number of nitrogens with zero attached hydrogens (tertiary/aromatic N) is 1. The molecule has 0 aromatic carbocycles. The molecule has 1 rings (SSSR count). The Morgan fingerprint density at radius 3 is 2.13 bits per heavy atom. The highest BCUT2D eigenvalue weighted by Crippen LogP contribution is 2.31. The number of hydrogen-bond donors (Lipinski definition) is 0. The van der Waals surface area contributed by atoms with Gasteiger partial charge < -0.3 is 9.64 Å². The number of hydrogen-bond acceptors (Lipinski definition) is 3. The Morgan fingerprint density at radius 2 is 1.87 bits per heavy atom. The largest absolute Gasteiger partial charge is 0.467 e. The third-order valence-corrected chi connectivity index (χ3v) is 2.68. The van der Waals surface area contributed by atoms with E-state index in [0.717, 1.165) is 12.8 Å². The summed E-state index contributed by atoms with van der Waals surface area (Å²) in [7, 11) is 1.36. The Balaban J connectivity index is 2.83. The first kappa shape index (κ1) is 12.0. The second kappa shape index (κ2) is 4.64. The third-order valence-electron chi connectivity index (χ3n) is 2.68. The molecule has 15 heavy (non-hydrogen) atoms. The standard InChI is InChI=1S/C11H19NO3/c1-7(2)10(11(14)15-4)12(8(3)13)9-5-6-9/h7,9-10H,5-6H2,1-4H3. The van der Waals surface area contributed by atoms with Crippen molar-refractivity contribution in [2.75, 3.05) is 7.11 Å². The first-order valence-electron chi connectivity index (χ1n) is 5.35. The van der Waals surface area contributed by atoms with Crippen molar-refractivity contribution in [1.82, 2.24) is 4.90 Å². The molecule has 0 aliphatic heterocycles. The minimum Gasteiger partial charge on any atom is -0.467 e. The zero-order valence-corrected chi connectivity index (χ0v) is 9.82. The maximum absolute atomic E-state index is 11.6. The maximum atomic E-state index is 11.6. The molecule has 1 saturated carbocycles. The van der Waals surface area contributed by atoms with Crippen LogP contribution in [0.3, 0.4) is 0 Å². The Morgan fingerprint density at radius 1 is 1.33 bits per heavy atom. The summed E-state index contributed by atoms with van der Waals surface area (Å²) in [5.74, 6) is -0.268. The van der Waals surface area contributed by atoms with E-state index >= 15 is 0 Å². The van der Waals surface area contributed by atoms with Crippen molar-refractivity contribution in [2.45, 2.75) is 45.7 Å². The van der Waals surface area contributed by atoms with E-state index in [4.69, 9.17) is 4.74 Å². The molecule has 0 aromatic heterocycles. The van der Waals surface area contributed by atoms with Crippen molar-refractivity contribution < 1.29 is 14.3 Å². The van der Waals surface area contributed by atoms with Crippen LogP contribution in [0, 0.1) is 5.92 Å². The first-order valence-corrected chi connectivity index (χ1v) is 5.35. The highest BCUT2D eigenvalue weighted by molar-refractivity contribution is 5.84. The quantitative estimate of drug-likeness (QED) is 0.659. The average molecular weight is 213 g/mol. The van der Waals surface area contributed by atoms with Gasteiger partial charge in [0.25, 0.3) is 0 Å². The van der Waals surface area contributed by atoms with Crippen LogP contribution in [0.1, 0.15) is 33.6 Å². The van der Waals surface area contributed by atoms with E-state index in [2.05, 4.69) is 0 Å². The predicted molar refractivity (Wildman–Crippen MR) is 56.2 cm³/mol. The molecule has 1 amide bonds. The second-order valence-electron chi connectivity index (χ2n) is 4.37. The van der Waals surface area contributed by atoms with Gasteiger partial charge >= 0.3 is 5.97 Å². The predicted octanol–water partition coefficient (Wildman–Crippen LogP) is 1.19. The molecule has 0 spiro atoms. The van der Waals surface area contributed by atoms with Crippen LogP contribution < -0.4 is 0 Å². The summed E-state index contributed by atoms with van der Waals surface area (Å²) < 4.78 is 4.75. The summed E-state index contributed by atoms with van der Waals surface area (Å²) in [5, 5.41) is 0. The molecule has 0 N–H and O–H groups in total. The highest BCUT2D eigenvalue weighted by atomic mass is 16.5. The van der Waals surface area contributed by atoms with E-state index < -0.39 is 6.04 Å². The Labute approximate surface area is 90.6 Å². The Bertz CT molecular complexity index is 259. The molecule has 1 fully saturated rings. The lowest BCUT2D eigenvalue weighted by atomic mass is 10.0. The maximum Gasteiger partial charge on any atom is 0.328 e. The van der Waals surface area contributed by atoms with Crippen LogP contribution in [0.5, 0.6) is 0 Å². The molecule has 0 aromatic rings. The normalized spacial score (nSPS) is 17.4. The van der Waals surface area contributed by atoms with Gasteiger partial charge in [0.1, 0.15) is 6.04 Å². The summed E-state index contributed by atoms with van der Waals surface area (Å²) in [4.78, 5) is 24.8. The van der Waals surface area contributed by atoms with Crippen LogP contribution in [0.4, 0.5) is 0 Å². The van der Waals surface area contributed by atoms with Gasteiger partial charge in [-0.25, -0.2) is 4.79 Å². The van der Waals surface area contributed by atoms with Crippen LogP contribution >= 0.6 is 0 Å². The van der Waals surface area contributed by atoms with Gasteiger partial charge in [-0.3, -0.25) is 4.79 Å². The molecule has 4 heteroatoms. The highest BCUT2D eigenvalue weighted by Gasteiger charge is 2.40. The zero-order chi connectivity index (χ0) is 11.6. The third kappa shape index (κ3) is 2.70. The van der Waals surface area contributed by atoms with Gasteiger partial charge in [0, 0.05) is 13.0 Å². The first-order chi connectivity index (χ1) is 6.99. The molecule has 86 valence electrons. The molecule has 0 saturated heterocycles. The van der Waals surface area contributed by atoms with Gasteiger partial charge in [-0.05, 0) is 18.8 Å². The van der Waals surface area contributed by atoms with E-state index in [0.29, 0.717) is 0 Å². The second-order valence-corrected chi connectivity index (χ2v) is 4.37. The fraction of sp³-hybridized carbons (Fsp3) is 0.818. The lowest BCUT2D eigenvalue weighted by Crippen LogP contribution is -2.49. The van der Waals surface area contributed by atoms with Crippen molar-refractivity contribution >= 4 is 11.9 Å². The van der Waals surface area contributed by atoms with E-state index in [1.54, 1.807) is 4.90 Å². The smallest absolute Gasteiger partial charge is 0.328 e. The van der Waals surface area contributed by atoms with Gasteiger partial charge in [-0.1, -0.05) is 13.8 Å². The molecule has 4 nitrogen and oxygen atoms in total. The summed E-state index contributed by atoms with van der Waals surface area (Å²) in [6.45, 7) is 5.37. The van der Waals surface area contributed by atoms with Gasteiger partial charge in [-0.2, -0.15) is 0 Å². The molecule has 0 bridgehead atoms. The van der Waals surface area contributed by atoms with Gasteiger partial charge in [-0.15, -0.1) is 0 Å². The fourth-order valence-corrected chi connectivity index (χ4v) is 1.86. The Hall–Kier alpha value is -1.06. The monoisotopic (exact) mass is 213 g/mol. The molecule has 1 aliphatic carbocycles. The molecule has 1 atom stereocenters. The molecular formula is C11H19NO3. The molecular weight excluding hydrogens is 194 g/mol. The number of carbonyl (C=O) groups excluding carboxylic acids is 2. The molecule has 1 aliphatic rings. The van der Waals surface area contributed by atoms with Crippen molar-refractivity contribution in [3.05, 3.63) is 0 Å². The number of rotatable bonds is 4. The number of amides is 1. The minimum absolute atomic E-state index is 0.0402. The zero-order valence-electron chi connectivity index (χ0n) is 9.82. The van der Waals surface area contributed by atoms with Crippen molar-refractivity contribution in [2.24, 2.45) is 5.92 Å². The van der Waals surface area contributed by atoms with Crippen molar-refractivity contribution in [3.63, 3.8) is 0 Å². The van der Waals surface area contributed by atoms with Crippen LogP contribution in [-0.2, 0) is 14.3 Å². The molecule has 1 unspecified atom stereocenters. The van der Waals surface area contributed by atoms with E-state index in [-0.39, 0.29) is 23.8 Å². The molecule has 0 heterocycles. The van der Waals surface area contributed by atoms with Gasteiger partial charge in [0.05, 0.1) is 7.11 Å². The van der Waals surface area contributed by atoms with E-state index in [1.165, 1.54) is 14.0 Å². The SMILES string of the molecule is COC(=O)C(C(C)C)N(C(C)=O)C1CC1. The minimum atomic E-state index is -0.431. The fourth-order valence-electron chi connectivity index (χ4n) is 1.86. The van der Waals surface area contributed by atoms with Crippen LogP contribution in [0.2, 0.25) is 0 Å². The summed E-state index contributed by atoms with van der Waals surface area (Å²) >= 11 is 0. The number of methoxy groups -OCH3 is 1. The van der Waals surface area contributed by atoms with E-state index in [9.17, 15) is 9.59 Å². The van der Waals surface area contributed by atoms with Gasteiger partial charge in [0.15, 0.2) is 0 Å². The topological polar surface area (TPSA) is 46.6 Å². The summed E-state index contributed by atoms with van der Waals surface area (Å²) in [6.07, 6.45) is 2.00. The van der Waals surface area contributed by atoms with Crippen LogP contribution in [-0.4, -0.2) is 36.0 Å². The summed E-state index contributed by atoms with van der Waals surface area (Å²) in [6, 6.07) is -0.186. The van der Waals surface area contributed by atoms with E-state index in [1.807, 2.05) is 13.8 Å². The molecule has 0 radical (unpaired) electrons. The van der Waals surface area contributed by atoms with Gasteiger partial charge in [0.2, 0.25) is 5.91 Å². The average Bonchev–Trinajstić information content (AvgIpc) is 2.94. The lowest BCUT2D eigenvalue weighted by Gasteiger charge is -2.31.